The van der Waals surface area contributed by atoms with Crippen molar-refractivity contribution in [3.63, 3.8) is 0 Å². The van der Waals surface area contributed by atoms with Crippen LogP contribution in [0.15, 0.2) is 41.3 Å². The quantitative estimate of drug-likeness (QED) is 0.648. The molecule has 2 aromatic rings. The number of sulfonamides is 1. The van der Waals surface area contributed by atoms with E-state index < -0.39 is 21.9 Å². The Morgan fingerprint density at radius 3 is 2.45 bits per heavy atom. The Bertz CT molecular complexity index is 1100. The Labute approximate surface area is 184 Å². The summed E-state index contributed by atoms with van der Waals surface area (Å²) in [4.78, 5) is 24.7. The SMILES string of the molecule is COC(=O)c1ccc(Cl)c(NC(=O)c2cc(S(=O)(=O)N3CCOCC3)ccc2OC)c1. The zero-order valence-electron chi connectivity index (χ0n) is 16.9. The number of nitrogens with zero attached hydrogens (tertiary/aromatic N) is 1. The van der Waals surface area contributed by atoms with Crippen LogP contribution in [-0.2, 0) is 19.5 Å². The number of ether oxygens (including phenoxy) is 3. The normalized spacial score (nSPS) is 14.7. The first kappa shape index (κ1) is 23.0. The van der Waals surface area contributed by atoms with Gasteiger partial charge in [-0.25, -0.2) is 13.2 Å². The lowest BCUT2D eigenvalue weighted by Crippen LogP contribution is -2.40. The summed E-state index contributed by atoms with van der Waals surface area (Å²) in [6, 6.07) is 8.31. The number of benzene rings is 2. The minimum Gasteiger partial charge on any atom is -0.496 e. The number of morpholine rings is 1. The molecule has 31 heavy (non-hydrogen) atoms. The molecule has 2 aromatic carbocycles. The van der Waals surface area contributed by atoms with Crippen molar-refractivity contribution in [1.29, 1.82) is 0 Å². The number of anilines is 1. The molecule has 1 N–H and O–H groups in total. The topological polar surface area (TPSA) is 111 Å². The van der Waals surface area contributed by atoms with Crippen LogP contribution in [0.5, 0.6) is 5.75 Å². The molecule has 166 valence electrons. The Hall–Kier alpha value is -2.66. The van der Waals surface area contributed by atoms with E-state index in [0.717, 1.165) is 0 Å². The lowest BCUT2D eigenvalue weighted by molar-refractivity contribution is 0.0600. The summed E-state index contributed by atoms with van der Waals surface area (Å²) in [5, 5.41) is 2.78. The molecule has 0 radical (unpaired) electrons. The maximum absolute atomic E-state index is 13.0. The van der Waals surface area contributed by atoms with E-state index in [1.165, 1.54) is 54.9 Å². The molecule has 1 aliphatic heterocycles. The average Bonchev–Trinajstić information content (AvgIpc) is 2.80. The number of carbonyl (C=O) groups excluding carboxylic acids is 2. The summed E-state index contributed by atoms with van der Waals surface area (Å²) < 4.78 is 42.3. The second-order valence-corrected chi connectivity index (χ2v) is 8.86. The van der Waals surface area contributed by atoms with E-state index in [1.54, 1.807) is 0 Å². The van der Waals surface area contributed by atoms with Crippen LogP contribution in [0.3, 0.4) is 0 Å². The summed E-state index contributed by atoms with van der Waals surface area (Å²) in [6.45, 7) is 1.06. The molecule has 0 aromatic heterocycles. The maximum atomic E-state index is 13.0. The predicted octanol–water partition coefficient (Wildman–Crippen LogP) is 2.41. The van der Waals surface area contributed by atoms with Gasteiger partial charge in [-0.15, -0.1) is 0 Å². The molecule has 0 bridgehead atoms. The fourth-order valence-corrected chi connectivity index (χ4v) is 4.62. The Morgan fingerprint density at radius 1 is 1.10 bits per heavy atom. The molecular formula is C20H21ClN2O7S. The molecule has 0 aliphatic carbocycles. The summed E-state index contributed by atoms with van der Waals surface area (Å²) in [5.41, 5.74) is 0.354. The van der Waals surface area contributed by atoms with E-state index in [-0.39, 0.29) is 45.6 Å². The Kier molecular flexibility index (Phi) is 7.16. The largest absolute Gasteiger partial charge is 0.496 e. The first-order valence-electron chi connectivity index (χ1n) is 9.23. The molecule has 0 spiro atoms. The van der Waals surface area contributed by atoms with Crippen LogP contribution >= 0.6 is 11.6 Å². The molecule has 0 saturated carbocycles. The molecule has 1 amide bonds. The number of hydrogen-bond donors (Lipinski definition) is 1. The Morgan fingerprint density at radius 2 is 1.81 bits per heavy atom. The van der Waals surface area contributed by atoms with E-state index in [1.807, 2.05) is 0 Å². The molecule has 1 saturated heterocycles. The molecule has 0 atom stereocenters. The van der Waals surface area contributed by atoms with E-state index in [9.17, 15) is 18.0 Å². The summed E-state index contributed by atoms with van der Waals surface area (Å²) in [6.07, 6.45) is 0. The van der Waals surface area contributed by atoms with Crippen molar-refractivity contribution in [2.24, 2.45) is 0 Å². The number of nitrogens with one attached hydrogen (secondary N) is 1. The monoisotopic (exact) mass is 468 g/mol. The number of amides is 1. The van der Waals surface area contributed by atoms with E-state index in [0.29, 0.717) is 13.2 Å². The van der Waals surface area contributed by atoms with Gasteiger partial charge in [0.1, 0.15) is 5.75 Å². The van der Waals surface area contributed by atoms with E-state index >= 15 is 0 Å². The number of rotatable bonds is 6. The van der Waals surface area contributed by atoms with Gasteiger partial charge in [0.2, 0.25) is 10.0 Å². The highest BCUT2D eigenvalue weighted by atomic mass is 35.5. The highest BCUT2D eigenvalue weighted by Gasteiger charge is 2.28. The van der Waals surface area contributed by atoms with Gasteiger partial charge in [0.05, 0.1) is 54.2 Å². The molecule has 3 rings (SSSR count). The molecule has 1 fully saturated rings. The van der Waals surface area contributed by atoms with Crippen LogP contribution in [0.1, 0.15) is 20.7 Å². The van der Waals surface area contributed by atoms with Crippen molar-refractivity contribution in [2.45, 2.75) is 4.90 Å². The zero-order valence-corrected chi connectivity index (χ0v) is 18.5. The van der Waals surface area contributed by atoms with Crippen molar-refractivity contribution in [2.75, 3.05) is 45.8 Å². The predicted molar refractivity (Wildman–Crippen MR) is 113 cm³/mol. The van der Waals surface area contributed by atoms with Crippen LogP contribution < -0.4 is 10.1 Å². The number of carbonyl (C=O) groups is 2. The van der Waals surface area contributed by atoms with Crippen LogP contribution in [0.2, 0.25) is 5.02 Å². The van der Waals surface area contributed by atoms with Gasteiger partial charge in [-0.2, -0.15) is 4.31 Å². The van der Waals surface area contributed by atoms with Gasteiger partial charge < -0.3 is 19.5 Å². The van der Waals surface area contributed by atoms with Gasteiger partial charge in [0, 0.05) is 13.1 Å². The van der Waals surface area contributed by atoms with Gasteiger partial charge in [0.15, 0.2) is 0 Å². The summed E-state index contributed by atoms with van der Waals surface area (Å²) in [5.74, 6) is -1.07. The van der Waals surface area contributed by atoms with Crippen molar-refractivity contribution >= 4 is 39.2 Å². The second kappa shape index (κ2) is 9.65. The number of hydrogen-bond acceptors (Lipinski definition) is 7. The molecule has 1 heterocycles. The lowest BCUT2D eigenvalue weighted by atomic mass is 10.1. The minimum absolute atomic E-state index is 0.00336. The standard InChI is InChI=1S/C20H21ClN2O7S/c1-28-18-6-4-14(31(26,27)23-7-9-30-10-8-23)12-15(18)19(24)22-17-11-13(20(25)29-2)3-5-16(17)21/h3-6,11-12H,7-10H2,1-2H3,(H,22,24). The van der Waals surface area contributed by atoms with E-state index in [4.69, 9.17) is 21.1 Å². The van der Waals surface area contributed by atoms with Crippen molar-refractivity contribution in [3.05, 3.63) is 52.5 Å². The maximum Gasteiger partial charge on any atom is 0.337 e. The molecule has 9 nitrogen and oxygen atoms in total. The first-order valence-corrected chi connectivity index (χ1v) is 11.0. The zero-order chi connectivity index (χ0) is 22.6. The van der Waals surface area contributed by atoms with Crippen LogP contribution in [0, 0.1) is 0 Å². The van der Waals surface area contributed by atoms with Crippen LogP contribution in [0.25, 0.3) is 0 Å². The summed E-state index contributed by atoms with van der Waals surface area (Å²) >= 11 is 6.14. The number of methoxy groups -OCH3 is 2. The summed E-state index contributed by atoms with van der Waals surface area (Å²) in [7, 11) is -1.21. The second-order valence-electron chi connectivity index (χ2n) is 6.52. The number of halogens is 1. The molecular weight excluding hydrogens is 448 g/mol. The van der Waals surface area contributed by atoms with Crippen molar-refractivity contribution in [3.8, 4) is 5.75 Å². The van der Waals surface area contributed by atoms with Crippen molar-refractivity contribution in [1.82, 2.24) is 4.31 Å². The fourth-order valence-electron chi connectivity index (χ4n) is 3.02. The van der Waals surface area contributed by atoms with Crippen LogP contribution in [0.4, 0.5) is 5.69 Å². The third-order valence-electron chi connectivity index (χ3n) is 4.66. The smallest absolute Gasteiger partial charge is 0.337 e. The van der Waals surface area contributed by atoms with Gasteiger partial charge in [-0.3, -0.25) is 4.79 Å². The van der Waals surface area contributed by atoms with Gasteiger partial charge >= 0.3 is 5.97 Å². The highest BCUT2D eigenvalue weighted by Crippen LogP contribution is 2.28. The van der Waals surface area contributed by atoms with Crippen LogP contribution in [-0.4, -0.2) is 65.1 Å². The average molecular weight is 469 g/mol. The fraction of sp³-hybridized carbons (Fsp3) is 0.300. The first-order chi connectivity index (χ1) is 14.8. The Balaban J connectivity index is 1.94. The highest BCUT2D eigenvalue weighted by molar-refractivity contribution is 7.89. The third-order valence-corrected chi connectivity index (χ3v) is 6.88. The minimum atomic E-state index is -3.81. The van der Waals surface area contributed by atoms with Gasteiger partial charge in [-0.05, 0) is 36.4 Å². The van der Waals surface area contributed by atoms with Crippen molar-refractivity contribution < 1.29 is 32.2 Å². The third kappa shape index (κ3) is 4.99. The van der Waals surface area contributed by atoms with Gasteiger partial charge in [-0.1, -0.05) is 11.6 Å². The molecule has 0 unspecified atom stereocenters. The lowest BCUT2D eigenvalue weighted by Gasteiger charge is -2.26. The number of esters is 1. The van der Waals surface area contributed by atoms with Gasteiger partial charge in [0.25, 0.3) is 5.91 Å². The molecule has 1 aliphatic rings. The molecule has 11 heteroatoms. The van der Waals surface area contributed by atoms with E-state index in [2.05, 4.69) is 10.1 Å².